The van der Waals surface area contributed by atoms with Crippen LogP contribution < -0.4 is 10.3 Å². The van der Waals surface area contributed by atoms with Gasteiger partial charge in [-0.15, -0.1) is 0 Å². The molecule has 0 atom stereocenters. The van der Waals surface area contributed by atoms with Crippen molar-refractivity contribution >= 4 is 23.4 Å². The standard InChI is InChI=1S/C17H17N3O3/c1-11-3-4-12(2)20(11)18-17(23)13-5-7-14(8-6-13)19-15(21)9-10-16(19)22/h3-8H,9-10H2,1-2H3,(H,18,23). The van der Waals surface area contributed by atoms with Crippen LogP contribution in [0.2, 0.25) is 0 Å². The van der Waals surface area contributed by atoms with E-state index in [4.69, 9.17) is 0 Å². The molecule has 1 aliphatic heterocycles. The summed E-state index contributed by atoms with van der Waals surface area (Å²) in [5, 5.41) is 0. The topological polar surface area (TPSA) is 71.4 Å². The maximum atomic E-state index is 12.3. The first-order chi connectivity index (χ1) is 11.0. The van der Waals surface area contributed by atoms with Crippen LogP contribution in [-0.4, -0.2) is 22.4 Å². The lowest BCUT2D eigenvalue weighted by atomic mass is 10.2. The number of nitrogens with one attached hydrogen (secondary N) is 1. The van der Waals surface area contributed by atoms with E-state index < -0.39 is 0 Å². The minimum Gasteiger partial charge on any atom is -0.274 e. The van der Waals surface area contributed by atoms with E-state index in [2.05, 4.69) is 5.43 Å². The van der Waals surface area contributed by atoms with Crippen LogP contribution in [0.3, 0.4) is 0 Å². The Hall–Kier alpha value is -2.89. The van der Waals surface area contributed by atoms with Crippen molar-refractivity contribution in [2.45, 2.75) is 26.7 Å². The summed E-state index contributed by atoms with van der Waals surface area (Å²) in [6.45, 7) is 3.81. The summed E-state index contributed by atoms with van der Waals surface area (Å²) < 4.78 is 1.71. The molecule has 6 nitrogen and oxygen atoms in total. The molecule has 0 bridgehead atoms. The largest absolute Gasteiger partial charge is 0.274 e. The summed E-state index contributed by atoms with van der Waals surface area (Å²) in [7, 11) is 0. The summed E-state index contributed by atoms with van der Waals surface area (Å²) in [5.74, 6) is -0.658. The van der Waals surface area contributed by atoms with Gasteiger partial charge in [0.25, 0.3) is 5.91 Å². The molecule has 2 heterocycles. The molecule has 1 N–H and O–H groups in total. The molecule has 0 unspecified atom stereocenters. The van der Waals surface area contributed by atoms with Crippen molar-refractivity contribution in [3.05, 3.63) is 53.3 Å². The Labute approximate surface area is 133 Å². The van der Waals surface area contributed by atoms with Gasteiger partial charge in [0.05, 0.1) is 5.69 Å². The number of hydrogen-bond acceptors (Lipinski definition) is 3. The van der Waals surface area contributed by atoms with Crippen LogP contribution in [0, 0.1) is 13.8 Å². The van der Waals surface area contributed by atoms with Crippen LogP contribution in [0.5, 0.6) is 0 Å². The molecule has 118 valence electrons. The number of anilines is 1. The fourth-order valence-corrected chi connectivity index (χ4v) is 2.64. The molecule has 2 aromatic rings. The zero-order valence-electron chi connectivity index (χ0n) is 13.0. The Balaban J connectivity index is 1.78. The molecule has 1 aromatic heterocycles. The smallest absolute Gasteiger partial charge is 0.270 e. The first-order valence-electron chi connectivity index (χ1n) is 7.39. The fraction of sp³-hybridized carbons (Fsp3) is 0.235. The van der Waals surface area contributed by atoms with Gasteiger partial charge in [-0.25, -0.2) is 0 Å². The van der Waals surface area contributed by atoms with Gasteiger partial charge in [-0.1, -0.05) is 0 Å². The minimum atomic E-state index is -0.252. The van der Waals surface area contributed by atoms with E-state index in [-0.39, 0.29) is 30.6 Å². The Kier molecular flexibility index (Phi) is 3.73. The predicted octanol–water partition coefficient (Wildman–Crippen LogP) is 2.14. The lowest BCUT2D eigenvalue weighted by Crippen LogP contribution is -2.28. The molecule has 1 aromatic carbocycles. The highest BCUT2D eigenvalue weighted by Crippen LogP contribution is 2.22. The van der Waals surface area contributed by atoms with E-state index in [0.29, 0.717) is 11.3 Å². The summed E-state index contributed by atoms with van der Waals surface area (Å²) in [6, 6.07) is 10.3. The third kappa shape index (κ3) is 2.75. The molecule has 23 heavy (non-hydrogen) atoms. The van der Waals surface area contributed by atoms with Crippen molar-refractivity contribution in [3.8, 4) is 0 Å². The molecule has 1 aliphatic rings. The third-order valence-electron chi connectivity index (χ3n) is 3.92. The molecule has 0 saturated carbocycles. The van der Waals surface area contributed by atoms with E-state index in [0.717, 1.165) is 11.4 Å². The fourth-order valence-electron chi connectivity index (χ4n) is 2.64. The molecular formula is C17H17N3O3. The first kappa shape index (κ1) is 15.0. The normalized spacial score (nSPS) is 14.4. The van der Waals surface area contributed by atoms with Gasteiger partial charge in [0, 0.05) is 29.8 Å². The van der Waals surface area contributed by atoms with Crippen molar-refractivity contribution in [1.29, 1.82) is 0 Å². The highest BCUT2D eigenvalue weighted by Gasteiger charge is 2.30. The maximum Gasteiger partial charge on any atom is 0.270 e. The van der Waals surface area contributed by atoms with Gasteiger partial charge in [0.1, 0.15) is 0 Å². The van der Waals surface area contributed by atoms with Crippen LogP contribution >= 0.6 is 0 Å². The van der Waals surface area contributed by atoms with Crippen molar-refractivity contribution < 1.29 is 14.4 Å². The quantitative estimate of drug-likeness (QED) is 0.883. The Morgan fingerprint density at radius 2 is 1.43 bits per heavy atom. The minimum absolute atomic E-state index is 0.203. The summed E-state index contributed by atoms with van der Waals surface area (Å²) >= 11 is 0. The van der Waals surface area contributed by atoms with Gasteiger partial charge in [0.2, 0.25) is 11.8 Å². The van der Waals surface area contributed by atoms with Gasteiger partial charge in [-0.3, -0.25) is 29.4 Å². The Bertz CT molecular complexity index is 754. The van der Waals surface area contributed by atoms with Gasteiger partial charge in [-0.05, 0) is 50.2 Å². The average molecular weight is 311 g/mol. The molecule has 1 fully saturated rings. The van der Waals surface area contributed by atoms with E-state index in [1.165, 1.54) is 4.90 Å². The molecule has 3 rings (SSSR count). The van der Waals surface area contributed by atoms with Gasteiger partial charge >= 0.3 is 0 Å². The Morgan fingerprint density at radius 3 is 1.96 bits per heavy atom. The highest BCUT2D eigenvalue weighted by atomic mass is 16.2. The molecule has 0 radical (unpaired) electrons. The van der Waals surface area contributed by atoms with Crippen LogP contribution in [0.25, 0.3) is 0 Å². The van der Waals surface area contributed by atoms with Crippen molar-refractivity contribution in [3.63, 3.8) is 0 Å². The molecule has 0 aliphatic carbocycles. The van der Waals surface area contributed by atoms with Crippen LogP contribution in [0.4, 0.5) is 5.69 Å². The number of benzene rings is 1. The number of nitrogens with zero attached hydrogens (tertiary/aromatic N) is 2. The van der Waals surface area contributed by atoms with Gasteiger partial charge in [-0.2, -0.15) is 0 Å². The number of carbonyl (C=O) groups excluding carboxylic acids is 3. The predicted molar refractivity (Wildman–Crippen MR) is 85.8 cm³/mol. The lowest BCUT2D eigenvalue weighted by Gasteiger charge is -2.15. The second-order valence-electron chi connectivity index (χ2n) is 5.56. The number of aromatic nitrogens is 1. The molecule has 3 amide bonds. The van der Waals surface area contributed by atoms with E-state index in [1.54, 1.807) is 28.9 Å². The molecular weight excluding hydrogens is 294 g/mol. The summed E-state index contributed by atoms with van der Waals surface area (Å²) in [6.07, 6.45) is 0.487. The number of amides is 3. The zero-order chi connectivity index (χ0) is 16.6. The second kappa shape index (κ2) is 5.72. The average Bonchev–Trinajstić information content (AvgIpc) is 3.03. The van der Waals surface area contributed by atoms with E-state index in [1.807, 2.05) is 26.0 Å². The summed E-state index contributed by atoms with van der Waals surface area (Å²) in [5.41, 5.74) is 5.63. The van der Waals surface area contributed by atoms with Crippen LogP contribution in [-0.2, 0) is 9.59 Å². The van der Waals surface area contributed by atoms with Crippen molar-refractivity contribution in [2.24, 2.45) is 0 Å². The molecule has 0 spiro atoms. The van der Waals surface area contributed by atoms with Gasteiger partial charge in [0.15, 0.2) is 0 Å². The number of rotatable bonds is 3. The third-order valence-corrected chi connectivity index (χ3v) is 3.92. The van der Waals surface area contributed by atoms with E-state index >= 15 is 0 Å². The van der Waals surface area contributed by atoms with E-state index in [9.17, 15) is 14.4 Å². The van der Waals surface area contributed by atoms with Gasteiger partial charge < -0.3 is 0 Å². The molecule has 6 heteroatoms. The lowest BCUT2D eigenvalue weighted by molar-refractivity contribution is -0.121. The zero-order valence-corrected chi connectivity index (χ0v) is 13.0. The summed E-state index contributed by atoms with van der Waals surface area (Å²) in [4.78, 5) is 36.9. The number of hydrogen-bond donors (Lipinski definition) is 1. The van der Waals surface area contributed by atoms with Crippen LogP contribution in [0.15, 0.2) is 36.4 Å². The Morgan fingerprint density at radius 1 is 0.913 bits per heavy atom. The number of aryl methyl sites for hydroxylation is 2. The van der Waals surface area contributed by atoms with Crippen LogP contribution in [0.1, 0.15) is 34.6 Å². The second-order valence-corrected chi connectivity index (χ2v) is 5.56. The first-order valence-corrected chi connectivity index (χ1v) is 7.39. The number of carbonyl (C=O) groups is 3. The highest BCUT2D eigenvalue weighted by molar-refractivity contribution is 6.19. The monoisotopic (exact) mass is 311 g/mol. The maximum absolute atomic E-state index is 12.3. The number of imide groups is 1. The molecule has 1 saturated heterocycles. The SMILES string of the molecule is Cc1ccc(C)n1NC(=O)c1ccc(N2C(=O)CCC2=O)cc1. The van der Waals surface area contributed by atoms with Crippen molar-refractivity contribution in [1.82, 2.24) is 4.68 Å². The van der Waals surface area contributed by atoms with Crippen molar-refractivity contribution in [2.75, 3.05) is 10.3 Å².